The van der Waals surface area contributed by atoms with Crippen molar-refractivity contribution in [3.63, 3.8) is 0 Å². The molecule has 1 radical (unpaired) electrons. The molecule has 1 rings (SSSR count). The molecule has 0 aliphatic carbocycles. The first-order chi connectivity index (χ1) is 5.40. The quantitative estimate of drug-likeness (QED) is 0.561. The molecule has 1 heterocycles. The summed E-state index contributed by atoms with van der Waals surface area (Å²) >= 11 is 0. The number of likely N-dealkylation sites (tertiary alicyclic amines) is 1. The van der Waals surface area contributed by atoms with E-state index >= 15 is 0 Å². The number of nitrogens with zero attached hydrogens (tertiary/aromatic N) is 1. The van der Waals surface area contributed by atoms with E-state index in [2.05, 4.69) is 0 Å². The summed E-state index contributed by atoms with van der Waals surface area (Å²) in [6.07, 6.45) is -4.88. The SMILES string of the molecule is O=C1CCC(=O)N1[CH]C(F)(F)F. The minimum atomic E-state index is -4.62. The molecule has 6 heteroatoms. The van der Waals surface area contributed by atoms with Crippen molar-refractivity contribution < 1.29 is 22.8 Å². The molecule has 12 heavy (non-hydrogen) atoms. The lowest BCUT2D eigenvalue weighted by Crippen LogP contribution is -2.32. The van der Waals surface area contributed by atoms with Crippen LogP contribution in [0, 0.1) is 6.54 Å². The zero-order valence-corrected chi connectivity index (χ0v) is 5.89. The summed E-state index contributed by atoms with van der Waals surface area (Å²) in [5, 5.41) is 0. The molecule has 0 spiro atoms. The Morgan fingerprint density at radius 2 is 1.58 bits per heavy atom. The van der Waals surface area contributed by atoms with Crippen LogP contribution in [-0.4, -0.2) is 22.9 Å². The summed E-state index contributed by atoms with van der Waals surface area (Å²) in [7, 11) is 0. The lowest BCUT2D eigenvalue weighted by molar-refractivity contribution is -0.151. The van der Waals surface area contributed by atoms with Gasteiger partial charge in [-0.1, -0.05) is 0 Å². The van der Waals surface area contributed by atoms with Crippen molar-refractivity contribution in [3.05, 3.63) is 6.54 Å². The molecular weight excluding hydrogens is 175 g/mol. The first-order valence-corrected chi connectivity index (χ1v) is 3.18. The van der Waals surface area contributed by atoms with Crippen LogP contribution in [0.5, 0.6) is 0 Å². The van der Waals surface area contributed by atoms with Crippen molar-refractivity contribution in [2.24, 2.45) is 0 Å². The smallest absolute Gasteiger partial charge is 0.274 e. The number of hydrogen-bond donors (Lipinski definition) is 0. The van der Waals surface area contributed by atoms with Crippen LogP contribution in [0.25, 0.3) is 0 Å². The Morgan fingerprint density at radius 1 is 1.17 bits per heavy atom. The topological polar surface area (TPSA) is 37.4 Å². The highest BCUT2D eigenvalue weighted by atomic mass is 19.4. The summed E-state index contributed by atoms with van der Waals surface area (Å²) in [6.45, 7) is -0.301. The molecule has 0 atom stereocenters. The van der Waals surface area contributed by atoms with Crippen LogP contribution in [0.4, 0.5) is 13.2 Å². The van der Waals surface area contributed by atoms with Gasteiger partial charge in [0.15, 0.2) is 6.54 Å². The molecule has 1 aliphatic rings. The Kier molecular flexibility index (Phi) is 2.08. The molecule has 0 aromatic heterocycles. The summed E-state index contributed by atoms with van der Waals surface area (Å²) < 4.78 is 35.0. The lowest BCUT2D eigenvalue weighted by atomic mass is 10.4. The maximum atomic E-state index is 11.7. The van der Waals surface area contributed by atoms with E-state index < -0.39 is 18.0 Å². The molecule has 0 aromatic rings. The summed E-state index contributed by atoms with van der Waals surface area (Å²) in [5.74, 6) is -1.59. The van der Waals surface area contributed by atoms with E-state index in [0.717, 1.165) is 0 Å². The number of carbonyl (C=O) groups is 2. The second kappa shape index (κ2) is 2.76. The fraction of sp³-hybridized carbons (Fsp3) is 0.500. The van der Waals surface area contributed by atoms with Gasteiger partial charge in [0.2, 0.25) is 11.8 Å². The van der Waals surface area contributed by atoms with Gasteiger partial charge < -0.3 is 0 Å². The van der Waals surface area contributed by atoms with Crippen LogP contribution < -0.4 is 0 Å². The number of alkyl halides is 3. The third-order valence-electron chi connectivity index (χ3n) is 1.37. The van der Waals surface area contributed by atoms with Crippen LogP contribution in [0.3, 0.4) is 0 Å². The standard InChI is InChI=1S/C6H5F3NO2/c7-6(8,9)3-10-4(11)1-2-5(10)12/h3H,1-2H2. The average Bonchev–Trinajstić information content (AvgIpc) is 2.16. The molecule has 1 aliphatic heterocycles. The van der Waals surface area contributed by atoms with E-state index in [1.165, 1.54) is 0 Å². The number of carbonyl (C=O) groups excluding carboxylic acids is 2. The Bertz CT molecular complexity index is 207. The molecule has 0 bridgehead atoms. The van der Waals surface area contributed by atoms with Gasteiger partial charge in [0.05, 0.1) is 0 Å². The van der Waals surface area contributed by atoms with Gasteiger partial charge in [-0.25, -0.2) is 0 Å². The molecule has 2 amide bonds. The van der Waals surface area contributed by atoms with Gasteiger partial charge in [-0.3, -0.25) is 14.5 Å². The zero-order valence-electron chi connectivity index (χ0n) is 5.89. The fourth-order valence-corrected chi connectivity index (χ4v) is 0.884. The van der Waals surface area contributed by atoms with Crippen molar-refractivity contribution in [2.45, 2.75) is 19.0 Å². The number of imide groups is 1. The summed E-state index contributed by atoms with van der Waals surface area (Å²) in [4.78, 5) is 21.4. The van der Waals surface area contributed by atoms with Gasteiger partial charge >= 0.3 is 6.18 Å². The number of amides is 2. The van der Waals surface area contributed by atoms with Crippen LogP contribution in [0.1, 0.15) is 12.8 Å². The van der Waals surface area contributed by atoms with Crippen LogP contribution in [0.15, 0.2) is 0 Å². The van der Waals surface area contributed by atoms with Crippen molar-refractivity contribution in [1.82, 2.24) is 4.90 Å². The molecular formula is C6H5F3NO2. The normalized spacial score (nSPS) is 19.1. The van der Waals surface area contributed by atoms with E-state index in [1.54, 1.807) is 0 Å². The number of halogens is 3. The van der Waals surface area contributed by atoms with Gasteiger partial charge in [0.25, 0.3) is 0 Å². The highest BCUT2D eigenvalue weighted by molar-refractivity contribution is 6.02. The van der Waals surface area contributed by atoms with Crippen molar-refractivity contribution >= 4 is 11.8 Å². The van der Waals surface area contributed by atoms with Crippen LogP contribution in [0.2, 0.25) is 0 Å². The molecule has 3 nitrogen and oxygen atoms in total. The van der Waals surface area contributed by atoms with Gasteiger partial charge in [0, 0.05) is 12.8 Å². The average molecular weight is 180 g/mol. The molecule has 1 saturated heterocycles. The van der Waals surface area contributed by atoms with E-state index in [9.17, 15) is 22.8 Å². The number of rotatable bonds is 1. The summed E-state index contributed by atoms with van der Waals surface area (Å²) in [6, 6.07) is 0. The molecule has 0 saturated carbocycles. The lowest BCUT2D eigenvalue weighted by Gasteiger charge is -2.14. The minimum Gasteiger partial charge on any atom is -0.274 e. The Labute approximate surface area is 66.1 Å². The number of hydrogen-bond acceptors (Lipinski definition) is 2. The highest BCUT2D eigenvalue weighted by Gasteiger charge is 2.39. The predicted molar refractivity (Wildman–Crippen MR) is 31.4 cm³/mol. The third-order valence-corrected chi connectivity index (χ3v) is 1.37. The van der Waals surface area contributed by atoms with Crippen molar-refractivity contribution in [3.8, 4) is 0 Å². The van der Waals surface area contributed by atoms with Crippen LogP contribution in [-0.2, 0) is 9.59 Å². The molecule has 1 fully saturated rings. The maximum absolute atomic E-state index is 11.7. The first-order valence-electron chi connectivity index (χ1n) is 3.18. The Morgan fingerprint density at radius 3 is 1.92 bits per heavy atom. The third kappa shape index (κ3) is 1.96. The second-order valence-electron chi connectivity index (χ2n) is 2.33. The van der Waals surface area contributed by atoms with Gasteiger partial charge in [-0.05, 0) is 0 Å². The largest absolute Gasteiger partial charge is 0.411 e. The van der Waals surface area contributed by atoms with E-state index in [-0.39, 0.29) is 24.3 Å². The second-order valence-corrected chi connectivity index (χ2v) is 2.33. The first kappa shape index (κ1) is 9.02. The minimum absolute atomic E-state index is 0.125. The maximum Gasteiger partial charge on any atom is 0.411 e. The van der Waals surface area contributed by atoms with Crippen LogP contribution >= 0.6 is 0 Å². The zero-order chi connectivity index (χ0) is 9.35. The van der Waals surface area contributed by atoms with Crippen molar-refractivity contribution in [2.75, 3.05) is 0 Å². The van der Waals surface area contributed by atoms with E-state index in [0.29, 0.717) is 0 Å². The van der Waals surface area contributed by atoms with Crippen molar-refractivity contribution in [1.29, 1.82) is 0 Å². The molecule has 67 valence electrons. The summed E-state index contributed by atoms with van der Waals surface area (Å²) in [5.41, 5.74) is 0. The van der Waals surface area contributed by atoms with E-state index in [1.807, 2.05) is 0 Å². The highest BCUT2D eigenvalue weighted by Crippen LogP contribution is 2.24. The van der Waals surface area contributed by atoms with E-state index in [4.69, 9.17) is 0 Å². The van der Waals surface area contributed by atoms with Gasteiger partial charge in [-0.2, -0.15) is 13.2 Å². The Hall–Kier alpha value is -1.07. The van der Waals surface area contributed by atoms with Gasteiger partial charge in [-0.15, -0.1) is 0 Å². The van der Waals surface area contributed by atoms with Gasteiger partial charge in [0.1, 0.15) is 0 Å². The molecule has 0 unspecified atom stereocenters. The monoisotopic (exact) mass is 180 g/mol. The Balaban J connectivity index is 2.62. The molecule has 0 N–H and O–H groups in total. The predicted octanol–water partition coefficient (Wildman–Crippen LogP) is 0.859. The fourth-order valence-electron chi connectivity index (χ4n) is 0.884. The molecule has 0 aromatic carbocycles.